The Hall–Kier alpha value is -2.53. The van der Waals surface area contributed by atoms with Crippen molar-refractivity contribution in [2.45, 2.75) is 19.3 Å². The minimum absolute atomic E-state index is 0.106. The van der Waals surface area contributed by atoms with Gasteiger partial charge in [0, 0.05) is 16.5 Å². The van der Waals surface area contributed by atoms with E-state index in [0.717, 1.165) is 0 Å². The lowest BCUT2D eigenvalue weighted by Crippen LogP contribution is -2.34. The Morgan fingerprint density at radius 3 is 2.52 bits per heavy atom. The number of esters is 1. The number of ketones is 1. The number of allylic oxidation sites excluding steroid dienone is 2. The van der Waals surface area contributed by atoms with E-state index in [1.807, 2.05) is 0 Å². The summed E-state index contributed by atoms with van der Waals surface area (Å²) in [5.74, 6) is -4.17. The summed E-state index contributed by atoms with van der Waals surface area (Å²) in [5.41, 5.74) is 1.33. The van der Waals surface area contributed by atoms with Crippen LogP contribution in [0.5, 0.6) is 0 Å². The van der Waals surface area contributed by atoms with Crippen LogP contribution in [0.4, 0.5) is 8.78 Å². The summed E-state index contributed by atoms with van der Waals surface area (Å²) in [6.45, 7) is 1.74. The second kappa shape index (κ2) is 8.01. The molecule has 3 rings (SSSR count). The molecule has 0 spiro atoms. The third kappa shape index (κ3) is 3.93. The minimum Gasteiger partial charge on any atom is -0.465 e. The molecule has 1 aliphatic rings. The molecular weight excluding hydrogens is 374 g/mol. The number of carbonyl (C=O) groups is 2. The number of hydrogen-bond donors (Lipinski definition) is 0. The predicted molar refractivity (Wildman–Crippen MR) is 98.3 cm³/mol. The largest absolute Gasteiger partial charge is 0.465 e. The van der Waals surface area contributed by atoms with Crippen molar-refractivity contribution in [3.63, 3.8) is 0 Å². The van der Waals surface area contributed by atoms with Gasteiger partial charge in [0.25, 0.3) is 0 Å². The quantitative estimate of drug-likeness (QED) is 0.548. The van der Waals surface area contributed by atoms with Gasteiger partial charge in [-0.05, 0) is 54.8 Å². The van der Waals surface area contributed by atoms with Crippen molar-refractivity contribution in [3.05, 3.63) is 76.3 Å². The van der Waals surface area contributed by atoms with Crippen LogP contribution in [0, 0.1) is 17.6 Å². The van der Waals surface area contributed by atoms with Crippen LogP contribution < -0.4 is 0 Å². The maximum atomic E-state index is 14.6. The predicted octanol–water partition coefficient (Wildman–Crippen LogP) is 4.94. The van der Waals surface area contributed by atoms with Gasteiger partial charge in [0.1, 0.15) is 17.6 Å². The highest BCUT2D eigenvalue weighted by molar-refractivity contribution is 6.31. The Balaban J connectivity index is 2.09. The SMILES string of the molecule is CCOC(=O)[C@H]1C(=O)C=C(c2ccc(F)cc2)C[C@H]1c1c(F)cccc1Cl. The third-order valence-electron chi connectivity index (χ3n) is 4.59. The Morgan fingerprint density at radius 1 is 1.19 bits per heavy atom. The Labute approximate surface area is 160 Å². The molecule has 2 aromatic carbocycles. The van der Waals surface area contributed by atoms with Gasteiger partial charge in [0.05, 0.1) is 6.61 Å². The molecule has 0 aliphatic heterocycles. The summed E-state index contributed by atoms with van der Waals surface area (Å²) < 4.78 is 32.8. The molecule has 6 heteroatoms. The van der Waals surface area contributed by atoms with Crippen LogP contribution >= 0.6 is 11.6 Å². The lowest BCUT2D eigenvalue weighted by Gasteiger charge is -2.30. The van der Waals surface area contributed by atoms with E-state index in [9.17, 15) is 18.4 Å². The maximum absolute atomic E-state index is 14.6. The minimum atomic E-state index is -1.18. The second-order valence-corrected chi connectivity index (χ2v) is 6.66. The number of carbonyl (C=O) groups excluding carboxylic acids is 2. The van der Waals surface area contributed by atoms with Crippen LogP contribution in [-0.2, 0) is 14.3 Å². The van der Waals surface area contributed by atoms with Gasteiger partial charge in [-0.25, -0.2) is 8.78 Å². The summed E-state index contributed by atoms with van der Waals surface area (Å²) in [6, 6.07) is 9.86. The van der Waals surface area contributed by atoms with E-state index in [1.54, 1.807) is 19.1 Å². The average Bonchev–Trinajstić information content (AvgIpc) is 2.62. The molecule has 0 heterocycles. The molecule has 0 radical (unpaired) electrons. The van der Waals surface area contributed by atoms with Gasteiger partial charge in [-0.3, -0.25) is 9.59 Å². The molecule has 27 heavy (non-hydrogen) atoms. The number of hydrogen-bond acceptors (Lipinski definition) is 3. The second-order valence-electron chi connectivity index (χ2n) is 6.25. The molecular formula is C21H17ClF2O3. The normalized spacial score (nSPS) is 19.6. The van der Waals surface area contributed by atoms with Gasteiger partial charge in [-0.15, -0.1) is 0 Å². The van der Waals surface area contributed by atoms with Gasteiger partial charge < -0.3 is 4.74 Å². The van der Waals surface area contributed by atoms with Crippen LogP contribution in [0.15, 0.2) is 48.5 Å². The zero-order valence-electron chi connectivity index (χ0n) is 14.5. The highest BCUT2D eigenvalue weighted by Gasteiger charge is 2.41. The fourth-order valence-corrected chi connectivity index (χ4v) is 3.69. The van der Waals surface area contributed by atoms with Gasteiger partial charge in [0.2, 0.25) is 0 Å². The molecule has 140 valence electrons. The standard InChI is InChI=1S/C21H17ClF2O3/c1-2-27-21(26)20-15(19-16(22)4-3-5-17(19)24)10-13(11-18(20)25)12-6-8-14(23)9-7-12/h3-9,11,15,20H,2,10H2,1H3/t15-,20+/m0/s1. The lowest BCUT2D eigenvalue weighted by molar-refractivity contribution is -0.151. The van der Waals surface area contributed by atoms with Crippen molar-refractivity contribution < 1.29 is 23.1 Å². The topological polar surface area (TPSA) is 43.4 Å². The van der Waals surface area contributed by atoms with Crippen LogP contribution in [0.1, 0.15) is 30.4 Å². The van der Waals surface area contributed by atoms with E-state index >= 15 is 0 Å². The van der Waals surface area contributed by atoms with E-state index in [-0.39, 0.29) is 23.6 Å². The molecule has 0 unspecified atom stereocenters. The van der Waals surface area contributed by atoms with Crippen LogP contribution in [0.2, 0.25) is 5.02 Å². The molecule has 0 amide bonds. The number of benzene rings is 2. The fraction of sp³-hybridized carbons (Fsp3) is 0.238. The van der Waals surface area contributed by atoms with Crippen molar-refractivity contribution in [2.24, 2.45) is 5.92 Å². The monoisotopic (exact) mass is 390 g/mol. The number of halogens is 3. The molecule has 2 atom stereocenters. The zero-order valence-corrected chi connectivity index (χ0v) is 15.3. The molecule has 2 aromatic rings. The summed E-state index contributed by atoms with van der Waals surface area (Å²) in [4.78, 5) is 25.2. The van der Waals surface area contributed by atoms with Crippen molar-refractivity contribution in [1.82, 2.24) is 0 Å². The summed E-state index contributed by atoms with van der Waals surface area (Å²) >= 11 is 6.20. The van der Waals surface area contributed by atoms with Crippen molar-refractivity contribution in [1.29, 1.82) is 0 Å². The highest BCUT2D eigenvalue weighted by Crippen LogP contribution is 2.43. The first-order chi connectivity index (χ1) is 12.9. The van der Waals surface area contributed by atoms with Gasteiger partial charge >= 0.3 is 5.97 Å². The molecule has 3 nitrogen and oxygen atoms in total. The van der Waals surface area contributed by atoms with Crippen LogP contribution in [0.25, 0.3) is 5.57 Å². The lowest BCUT2D eigenvalue weighted by atomic mass is 9.73. The first kappa shape index (κ1) is 19.2. The van der Waals surface area contributed by atoms with E-state index < -0.39 is 35.2 Å². The molecule has 0 N–H and O–H groups in total. The van der Waals surface area contributed by atoms with Gasteiger partial charge in [-0.1, -0.05) is 29.8 Å². The smallest absolute Gasteiger partial charge is 0.317 e. The van der Waals surface area contributed by atoms with E-state index in [4.69, 9.17) is 16.3 Å². The molecule has 0 bridgehead atoms. The number of rotatable bonds is 4. The first-order valence-electron chi connectivity index (χ1n) is 8.53. The molecule has 0 saturated heterocycles. The summed E-state index contributed by atoms with van der Waals surface area (Å²) in [7, 11) is 0. The fourth-order valence-electron chi connectivity index (χ4n) is 3.38. The average molecular weight is 391 g/mol. The highest BCUT2D eigenvalue weighted by atomic mass is 35.5. The van der Waals surface area contributed by atoms with Crippen molar-refractivity contribution in [2.75, 3.05) is 6.61 Å². The first-order valence-corrected chi connectivity index (χ1v) is 8.91. The summed E-state index contributed by atoms with van der Waals surface area (Å²) in [6.07, 6.45) is 1.54. The molecule has 0 fully saturated rings. The van der Waals surface area contributed by atoms with Gasteiger partial charge in [0.15, 0.2) is 5.78 Å². The molecule has 0 aromatic heterocycles. The Kier molecular flexibility index (Phi) is 5.71. The van der Waals surface area contributed by atoms with Gasteiger partial charge in [-0.2, -0.15) is 0 Å². The summed E-state index contributed by atoms with van der Waals surface area (Å²) in [5, 5.41) is 0.141. The van der Waals surface area contributed by atoms with Crippen LogP contribution in [0.3, 0.4) is 0 Å². The van der Waals surface area contributed by atoms with Crippen molar-refractivity contribution >= 4 is 28.9 Å². The number of ether oxygens (including phenoxy) is 1. The van der Waals surface area contributed by atoms with Crippen molar-refractivity contribution in [3.8, 4) is 0 Å². The van der Waals surface area contributed by atoms with E-state index in [2.05, 4.69) is 0 Å². The maximum Gasteiger partial charge on any atom is 0.317 e. The molecule has 0 saturated carbocycles. The van der Waals surface area contributed by atoms with E-state index in [1.165, 1.54) is 36.4 Å². The Bertz CT molecular complexity index is 886. The zero-order chi connectivity index (χ0) is 19.6. The third-order valence-corrected chi connectivity index (χ3v) is 4.92. The van der Waals surface area contributed by atoms with E-state index in [0.29, 0.717) is 11.1 Å². The van der Waals surface area contributed by atoms with Crippen LogP contribution in [-0.4, -0.2) is 18.4 Å². The Morgan fingerprint density at radius 2 is 1.89 bits per heavy atom. The molecule has 1 aliphatic carbocycles.